The molecule has 4 aromatic carbocycles. The fourth-order valence-corrected chi connectivity index (χ4v) is 9.74. The van der Waals surface area contributed by atoms with Crippen LogP contribution in [0.3, 0.4) is 0 Å². The molecule has 0 saturated heterocycles. The van der Waals surface area contributed by atoms with Gasteiger partial charge in [0, 0.05) is 47.8 Å². The molecule has 0 aromatic heterocycles. The topological polar surface area (TPSA) is 40.4 Å². The average Bonchev–Trinajstić information content (AvgIpc) is 3.35. The number of hydrogen-bond donors (Lipinski definition) is 0. The number of sulfone groups is 1. The summed E-state index contributed by atoms with van der Waals surface area (Å²) < 4.78 is 29.2. The molecule has 4 nitrogen and oxygen atoms in total. The Bertz CT molecular complexity index is 2230. The smallest absolute Gasteiger partial charge is 0.210 e. The molecule has 5 heteroatoms. The second-order valence-corrected chi connectivity index (χ2v) is 16.1. The van der Waals surface area contributed by atoms with E-state index in [-0.39, 0.29) is 10.8 Å². The van der Waals surface area contributed by atoms with E-state index in [1.54, 1.807) is 0 Å². The van der Waals surface area contributed by atoms with Gasteiger partial charge in [0.1, 0.15) is 7.05 Å². The van der Waals surface area contributed by atoms with Crippen LogP contribution in [0.5, 0.6) is 0 Å². The summed E-state index contributed by atoms with van der Waals surface area (Å²) in [5, 5.41) is 5.00. The maximum atomic E-state index is 13.5. The van der Waals surface area contributed by atoms with Gasteiger partial charge >= 0.3 is 0 Å². The zero-order valence-electron chi connectivity index (χ0n) is 28.0. The highest BCUT2D eigenvalue weighted by atomic mass is 32.2. The molecule has 0 radical (unpaired) electrons. The molecule has 1 aliphatic carbocycles. The van der Waals surface area contributed by atoms with E-state index in [1.807, 2.05) is 0 Å². The van der Waals surface area contributed by atoms with Crippen LogP contribution in [0.1, 0.15) is 58.1 Å². The van der Waals surface area contributed by atoms with Gasteiger partial charge in [-0.15, -0.1) is 0 Å². The Balaban J connectivity index is 1.29. The Morgan fingerprint density at radius 3 is 2.07 bits per heavy atom. The van der Waals surface area contributed by atoms with Crippen LogP contribution in [-0.2, 0) is 20.7 Å². The maximum Gasteiger partial charge on any atom is 0.210 e. The molecule has 0 saturated carbocycles. The number of allylic oxidation sites excluding steroid dienone is 7. The Labute approximate surface area is 273 Å². The first-order chi connectivity index (χ1) is 21.8. The van der Waals surface area contributed by atoms with Gasteiger partial charge in [0.15, 0.2) is 15.5 Å². The molecule has 0 unspecified atom stereocenters. The van der Waals surface area contributed by atoms with E-state index in [4.69, 9.17) is 0 Å². The molecule has 2 aliphatic heterocycles. The second-order valence-electron chi connectivity index (χ2n) is 14.2. The zero-order chi connectivity index (χ0) is 32.6. The van der Waals surface area contributed by atoms with E-state index >= 15 is 0 Å². The Morgan fingerprint density at radius 2 is 1.39 bits per heavy atom. The third-order valence-electron chi connectivity index (χ3n) is 10.5. The van der Waals surface area contributed by atoms with Gasteiger partial charge in [-0.05, 0) is 89.6 Å². The molecular weight excluding hydrogens is 585 g/mol. The number of fused-ring (bicyclic) bond motifs is 6. The van der Waals surface area contributed by atoms with Gasteiger partial charge in [0.05, 0.1) is 10.3 Å². The third-order valence-corrected chi connectivity index (χ3v) is 11.8. The Hall–Kier alpha value is -4.22. The molecule has 234 valence electrons. The van der Waals surface area contributed by atoms with Crippen LogP contribution < -0.4 is 4.90 Å². The van der Waals surface area contributed by atoms with E-state index in [2.05, 4.69) is 148 Å². The predicted octanol–water partition coefficient (Wildman–Crippen LogP) is 9.28. The second kappa shape index (κ2) is 10.7. The Kier molecular flexibility index (Phi) is 7.06. The van der Waals surface area contributed by atoms with Crippen molar-refractivity contribution >= 4 is 48.5 Å². The number of likely N-dealkylation sites (N-methyl/N-ethyl adjacent to an activating group) is 1. The number of benzene rings is 4. The van der Waals surface area contributed by atoms with E-state index in [9.17, 15) is 8.42 Å². The quantitative estimate of drug-likeness (QED) is 0.212. The average molecular weight is 628 g/mol. The van der Waals surface area contributed by atoms with Crippen LogP contribution in [-0.4, -0.2) is 39.1 Å². The maximum absolute atomic E-state index is 13.5. The SMILES string of the molecule is CN1C(=CC=C2CCCC(C=CC3=[N+](C)c4ccc5ccccc5c4C3(C)C)=C2S(C)(=O)=O)C(C)(C)c2c1ccc1ccccc21. The van der Waals surface area contributed by atoms with Gasteiger partial charge in [-0.1, -0.05) is 80.6 Å². The lowest BCUT2D eigenvalue weighted by Gasteiger charge is -2.25. The molecule has 0 N–H and O–H groups in total. The largest absolute Gasteiger partial charge is 0.347 e. The summed E-state index contributed by atoms with van der Waals surface area (Å²) in [6, 6.07) is 25.9. The minimum atomic E-state index is -3.47. The van der Waals surface area contributed by atoms with Crippen LogP contribution in [0.2, 0.25) is 0 Å². The number of hydrogen-bond acceptors (Lipinski definition) is 3. The van der Waals surface area contributed by atoms with Crippen LogP contribution in [0, 0.1) is 0 Å². The molecule has 0 bridgehead atoms. The van der Waals surface area contributed by atoms with Gasteiger partial charge < -0.3 is 4.90 Å². The minimum absolute atomic E-state index is 0.233. The predicted molar refractivity (Wildman–Crippen MR) is 194 cm³/mol. The first kappa shape index (κ1) is 30.4. The van der Waals surface area contributed by atoms with Gasteiger partial charge in [0.25, 0.3) is 0 Å². The van der Waals surface area contributed by atoms with Crippen molar-refractivity contribution in [3.63, 3.8) is 0 Å². The van der Waals surface area contributed by atoms with E-state index in [1.165, 1.54) is 50.3 Å². The van der Waals surface area contributed by atoms with E-state index in [0.717, 1.165) is 41.8 Å². The molecule has 0 spiro atoms. The first-order valence-electron chi connectivity index (χ1n) is 16.2. The number of anilines is 1. The van der Waals surface area contributed by atoms with Crippen molar-refractivity contribution in [1.82, 2.24) is 0 Å². The highest BCUT2D eigenvalue weighted by Crippen LogP contribution is 2.50. The molecule has 0 amide bonds. The number of rotatable bonds is 4. The van der Waals surface area contributed by atoms with Crippen molar-refractivity contribution in [2.75, 3.05) is 25.3 Å². The van der Waals surface area contributed by atoms with Gasteiger partial charge in [-0.3, -0.25) is 0 Å². The van der Waals surface area contributed by atoms with Crippen LogP contribution in [0.4, 0.5) is 11.4 Å². The van der Waals surface area contributed by atoms with Gasteiger partial charge in [-0.25, -0.2) is 8.42 Å². The van der Waals surface area contributed by atoms with Crippen molar-refractivity contribution in [3.05, 3.63) is 130 Å². The lowest BCUT2D eigenvalue weighted by atomic mass is 9.78. The molecule has 7 rings (SSSR count). The lowest BCUT2D eigenvalue weighted by molar-refractivity contribution is -0.401. The molecule has 3 aliphatic rings. The van der Waals surface area contributed by atoms with Crippen molar-refractivity contribution < 1.29 is 13.0 Å². The summed E-state index contributed by atoms with van der Waals surface area (Å²) in [5.74, 6) is 0. The monoisotopic (exact) mass is 627 g/mol. The minimum Gasteiger partial charge on any atom is -0.347 e. The Morgan fingerprint density at radius 1 is 0.761 bits per heavy atom. The molecule has 0 atom stereocenters. The van der Waals surface area contributed by atoms with Crippen molar-refractivity contribution in [2.24, 2.45) is 0 Å². The van der Waals surface area contributed by atoms with Crippen molar-refractivity contribution in [1.29, 1.82) is 0 Å². The standard InChI is InChI=1S/C41H43N2O2S/c1-40(2)35(42(5)33-23-19-27-13-8-10-17-31(27)37(33)40)25-21-29-15-12-16-30(39(29)46(7,44)45)22-26-36-41(3,4)38-32-18-11-9-14-28(32)20-24-34(38)43(36)6/h8-11,13-14,17-26H,12,15-16H2,1-7H3/q+1. The van der Waals surface area contributed by atoms with Gasteiger partial charge in [-0.2, -0.15) is 4.58 Å². The normalized spacial score (nSPS) is 21.0. The zero-order valence-corrected chi connectivity index (χ0v) is 28.8. The van der Waals surface area contributed by atoms with Crippen molar-refractivity contribution in [3.8, 4) is 0 Å². The highest BCUT2D eigenvalue weighted by molar-refractivity contribution is 7.94. The van der Waals surface area contributed by atoms with Crippen LogP contribution in [0.25, 0.3) is 21.5 Å². The van der Waals surface area contributed by atoms with Gasteiger partial charge in [0.2, 0.25) is 5.69 Å². The molecule has 2 heterocycles. The summed E-state index contributed by atoms with van der Waals surface area (Å²) in [5.41, 5.74) is 8.69. The molecule has 4 aromatic rings. The van der Waals surface area contributed by atoms with Crippen molar-refractivity contribution in [2.45, 2.75) is 57.8 Å². The van der Waals surface area contributed by atoms with E-state index in [0.29, 0.717) is 4.91 Å². The lowest BCUT2D eigenvalue weighted by Crippen LogP contribution is -2.27. The third kappa shape index (κ3) is 4.62. The summed E-state index contributed by atoms with van der Waals surface area (Å²) in [6.07, 6.45) is 12.2. The van der Waals surface area contributed by atoms with Crippen LogP contribution in [0.15, 0.2) is 119 Å². The number of nitrogens with zero attached hydrogens (tertiary/aromatic N) is 2. The molecule has 46 heavy (non-hydrogen) atoms. The molecular formula is C41H43N2O2S+. The summed E-state index contributed by atoms with van der Waals surface area (Å²) in [6.45, 7) is 9.08. The fraction of sp³-hybridized carbons (Fsp3) is 0.293. The summed E-state index contributed by atoms with van der Waals surface area (Å²) >= 11 is 0. The van der Waals surface area contributed by atoms with E-state index < -0.39 is 9.84 Å². The summed E-state index contributed by atoms with van der Waals surface area (Å²) in [7, 11) is 0.766. The summed E-state index contributed by atoms with van der Waals surface area (Å²) in [4.78, 5) is 2.75. The fourth-order valence-electron chi connectivity index (χ4n) is 8.44. The highest BCUT2D eigenvalue weighted by Gasteiger charge is 2.44. The first-order valence-corrected chi connectivity index (χ1v) is 18.1. The van der Waals surface area contributed by atoms with Crippen LogP contribution >= 0.6 is 0 Å². The molecule has 0 fully saturated rings.